The molecule has 7 nitrogen and oxygen atoms in total. The Morgan fingerprint density at radius 3 is 2.97 bits per heavy atom. The summed E-state index contributed by atoms with van der Waals surface area (Å²) >= 11 is 6.00. The van der Waals surface area contributed by atoms with Gasteiger partial charge >= 0.3 is 0 Å². The van der Waals surface area contributed by atoms with Gasteiger partial charge < -0.3 is 20.1 Å². The molecule has 0 saturated heterocycles. The Balaban J connectivity index is 1.47. The van der Waals surface area contributed by atoms with E-state index in [-0.39, 0.29) is 17.9 Å². The molecule has 1 aliphatic carbocycles. The first kappa shape index (κ1) is 19.0. The Labute approximate surface area is 173 Å². The van der Waals surface area contributed by atoms with Gasteiger partial charge in [-0.25, -0.2) is 4.98 Å². The lowest BCUT2D eigenvalue weighted by Gasteiger charge is -2.20. The van der Waals surface area contributed by atoms with Crippen LogP contribution in [0.4, 0.5) is 11.6 Å². The number of likely N-dealkylation sites (N-methyl/N-ethyl adjacent to an activating group) is 1. The first-order valence-electron chi connectivity index (χ1n) is 9.06. The molecular formula is C21H19ClN4O3. The zero-order chi connectivity index (χ0) is 20.4. The van der Waals surface area contributed by atoms with Gasteiger partial charge in [0.1, 0.15) is 17.6 Å². The molecule has 148 valence electrons. The number of amides is 1. The van der Waals surface area contributed by atoms with Crippen molar-refractivity contribution in [2.75, 3.05) is 12.4 Å². The van der Waals surface area contributed by atoms with Crippen LogP contribution < -0.4 is 15.4 Å². The van der Waals surface area contributed by atoms with E-state index in [2.05, 4.69) is 20.6 Å². The van der Waals surface area contributed by atoms with Crippen LogP contribution in [0.2, 0.25) is 5.02 Å². The van der Waals surface area contributed by atoms with Gasteiger partial charge in [0.15, 0.2) is 0 Å². The van der Waals surface area contributed by atoms with Crippen molar-refractivity contribution in [3.63, 3.8) is 0 Å². The number of benzene rings is 1. The van der Waals surface area contributed by atoms with E-state index in [1.165, 1.54) is 0 Å². The van der Waals surface area contributed by atoms with Crippen LogP contribution in [0, 0.1) is 5.92 Å². The second kappa shape index (κ2) is 7.97. The third-order valence-electron chi connectivity index (χ3n) is 4.58. The van der Waals surface area contributed by atoms with Gasteiger partial charge in [0.25, 0.3) is 5.91 Å². The lowest BCUT2D eigenvalue weighted by atomic mass is 9.90. The molecule has 2 unspecified atom stereocenters. The molecule has 4 rings (SSSR count). The molecular weight excluding hydrogens is 392 g/mol. The van der Waals surface area contributed by atoms with Gasteiger partial charge in [-0.2, -0.15) is 4.98 Å². The number of aromatic nitrogens is 2. The van der Waals surface area contributed by atoms with Crippen LogP contribution in [0.3, 0.4) is 0 Å². The quantitative estimate of drug-likeness (QED) is 0.781. The van der Waals surface area contributed by atoms with Gasteiger partial charge in [0.05, 0.1) is 11.5 Å². The lowest BCUT2D eigenvalue weighted by molar-refractivity contribution is -0.117. The highest BCUT2D eigenvalue weighted by atomic mass is 35.5. The third-order valence-corrected chi connectivity index (χ3v) is 4.82. The Hall–Kier alpha value is -3.32. The number of ether oxygens (including phenoxy) is 2. The second-order valence-electron chi connectivity index (χ2n) is 6.54. The molecule has 2 atom stereocenters. The largest absolute Gasteiger partial charge is 0.489 e. The van der Waals surface area contributed by atoms with Crippen LogP contribution in [0.15, 0.2) is 71.8 Å². The minimum Gasteiger partial charge on any atom is -0.489 e. The maximum absolute atomic E-state index is 12.1. The average Bonchev–Trinajstić information content (AvgIpc) is 3.02. The summed E-state index contributed by atoms with van der Waals surface area (Å²) in [7, 11) is 1.61. The van der Waals surface area contributed by atoms with E-state index in [9.17, 15) is 4.79 Å². The van der Waals surface area contributed by atoms with Gasteiger partial charge in [0.2, 0.25) is 11.8 Å². The molecule has 2 aliphatic rings. The molecule has 1 aliphatic heterocycles. The van der Waals surface area contributed by atoms with Gasteiger partial charge in [-0.1, -0.05) is 23.7 Å². The summed E-state index contributed by atoms with van der Waals surface area (Å²) in [5, 5.41) is 6.36. The molecule has 0 radical (unpaired) electrons. The minimum atomic E-state index is -0.284. The summed E-state index contributed by atoms with van der Waals surface area (Å²) in [5.41, 5.74) is 1.41. The first-order valence-corrected chi connectivity index (χ1v) is 9.44. The number of halogens is 1. The SMILES string of the molecule is CNC(=O)C1=C(C)OC2C=C(Oc3ccnc(Nc4cccc(Cl)c4)n3)C=CC12. The van der Waals surface area contributed by atoms with Crippen molar-refractivity contribution in [2.24, 2.45) is 5.92 Å². The second-order valence-corrected chi connectivity index (χ2v) is 6.98. The summed E-state index contributed by atoms with van der Waals surface area (Å²) in [4.78, 5) is 20.7. The van der Waals surface area contributed by atoms with Gasteiger partial charge in [-0.15, -0.1) is 0 Å². The smallest absolute Gasteiger partial charge is 0.251 e. The van der Waals surface area contributed by atoms with E-state index < -0.39 is 0 Å². The minimum absolute atomic E-state index is 0.132. The number of carbonyl (C=O) groups is 1. The van der Waals surface area contributed by atoms with E-state index in [0.717, 1.165) is 5.69 Å². The van der Waals surface area contributed by atoms with Crippen LogP contribution in [0.25, 0.3) is 0 Å². The van der Waals surface area contributed by atoms with Crippen LogP contribution >= 0.6 is 11.6 Å². The molecule has 2 N–H and O–H groups in total. The van der Waals surface area contributed by atoms with Gasteiger partial charge in [-0.3, -0.25) is 4.79 Å². The fraction of sp³-hybridized carbons (Fsp3) is 0.190. The standard InChI is InChI=1S/C21H19ClN4O3/c1-12-19(20(27)23-2)16-7-6-15(11-17(16)28-12)29-18-8-9-24-21(26-18)25-14-5-3-4-13(22)10-14/h3-11,16-17H,1-2H3,(H,23,27)(H,24,25,26). The topological polar surface area (TPSA) is 85.4 Å². The number of carbonyl (C=O) groups excluding carboxylic acids is 1. The summed E-state index contributed by atoms with van der Waals surface area (Å²) in [6.45, 7) is 1.79. The molecule has 0 saturated carbocycles. The molecule has 2 heterocycles. The molecule has 8 heteroatoms. The molecule has 1 aromatic heterocycles. The third kappa shape index (κ3) is 4.09. The highest BCUT2D eigenvalue weighted by Crippen LogP contribution is 2.36. The molecule has 2 aromatic rings. The van der Waals surface area contributed by atoms with Gasteiger partial charge in [0, 0.05) is 30.0 Å². The van der Waals surface area contributed by atoms with Crippen molar-refractivity contribution in [1.82, 2.24) is 15.3 Å². The van der Waals surface area contributed by atoms with Crippen molar-refractivity contribution < 1.29 is 14.3 Å². The Morgan fingerprint density at radius 2 is 2.17 bits per heavy atom. The predicted molar refractivity (Wildman–Crippen MR) is 110 cm³/mol. The van der Waals surface area contributed by atoms with Gasteiger partial charge in [-0.05, 0) is 37.3 Å². The van der Waals surface area contributed by atoms with Crippen LogP contribution in [-0.2, 0) is 9.53 Å². The molecule has 0 fully saturated rings. The molecule has 0 bridgehead atoms. The maximum Gasteiger partial charge on any atom is 0.251 e. The number of hydrogen-bond donors (Lipinski definition) is 2. The summed E-state index contributed by atoms with van der Waals surface area (Å²) in [6, 6.07) is 8.94. The van der Waals surface area contributed by atoms with Crippen molar-refractivity contribution in [3.05, 3.63) is 76.9 Å². The van der Waals surface area contributed by atoms with E-state index >= 15 is 0 Å². The number of hydrogen-bond acceptors (Lipinski definition) is 6. The number of nitrogens with zero attached hydrogens (tertiary/aromatic N) is 2. The highest BCUT2D eigenvalue weighted by molar-refractivity contribution is 6.30. The lowest BCUT2D eigenvalue weighted by Crippen LogP contribution is -2.27. The maximum atomic E-state index is 12.1. The first-order chi connectivity index (χ1) is 14.0. The zero-order valence-electron chi connectivity index (χ0n) is 15.8. The Morgan fingerprint density at radius 1 is 1.31 bits per heavy atom. The van der Waals surface area contributed by atoms with E-state index in [1.807, 2.05) is 30.4 Å². The van der Waals surface area contributed by atoms with Crippen molar-refractivity contribution >= 4 is 29.1 Å². The van der Waals surface area contributed by atoms with E-state index in [0.29, 0.717) is 33.9 Å². The number of fused-ring (bicyclic) bond motifs is 1. The number of nitrogens with one attached hydrogen (secondary N) is 2. The molecule has 1 amide bonds. The average molecular weight is 411 g/mol. The summed E-state index contributed by atoms with van der Waals surface area (Å²) < 4.78 is 11.7. The monoisotopic (exact) mass is 410 g/mol. The number of anilines is 2. The Kier molecular flexibility index (Phi) is 5.22. The van der Waals surface area contributed by atoms with Crippen LogP contribution in [-0.4, -0.2) is 29.0 Å². The Bertz CT molecular complexity index is 1050. The van der Waals surface area contributed by atoms with E-state index in [4.69, 9.17) is 21.1 Å². The van der Waals surface area contributed by atoms with Crippen molar-refractivity contribution in [3.8, 4) is 5.88 Å². The summed E-state index contributed by atoms with van der Waals surface area (Å²) in [6.07, 6.45) is 6.89. The fourth-order valence-corrected chi connectivity index (χ4v) is 3.48. The van der Waals surface area contributed by atoms with Crippen molar-refractivity contribution in [1.29, 1.82) is 0 Å². The highest BCUT2D eigenvalue weighted by Gasteiger charge is 2.37. The predicted octanol–water partition coefficient (Wildman–Crippen LogP) is 3.74. The normalized spacial score (nSPS) is 19.9. The van der Waals surface area contributed by atoms with E-state index in [1.54, 1.807) is 38.4 Å². The fourth-order valence-electron chi connectivity index (χ4n) is 3.29. The van der Waals surface area contributed by atoms with Crippen molar-refractivity contribution in [2.45, 2.75) is 13.0 Å². The molecule has 29 heavy (non-hydrogen) atoms. The molecule has 0 spiro atoms. The number of allylic oxidation sites excluding steroid dienone is 2. The number of rotatable bonds is 5. The zero-order valence-corrected chi connectivity index (χ0v) is 16.6. The summed E-state index contributed by atoms with van der Waals surface area (Å²) in [5.74, 6) is 1.71. The molecule has 1 aromatic carbocycles. The van der Waals surface area contributed by atoms with Crippen LogP contribution in [0.1, 0.15) is 6.92 Å². The van der Waals surface area contributed by atoms with Crippen LogP contribution in [0.5, 0.6) is 5.88 Å².